The molecule has 4 heteroatoms. The molecule has 0 N–H and O–H groups in total. The maximum Gasteiger partial charge on any atom is 2.00 e. The zero-order chi connectivity index (χ0) is 7.72. The third-order valence-corrected chi connectivity index (χ3v) is 1.45. The minimum absolute atomic E-state index is 0. The van der Waals surface area contributed by atoms with E-state index in [-0.39, 0.29) is 36.5 Å². The fourth-order valence-electron chi connectivity index (χ4n) is 0.685. The molecule has 0 aliphatic carbocycles. The summed E-state index contributed by atoms with van der Waals surface area (Å²) in [6.07, 6.45) is 0. The number of benzene rings is 1. The van der Waals surface area contributed by atoms with Gasteiger partial charge in [-0.15, -0.1) is 0 Å². The molecule has 0 saturated heterocycles. The van der Waals surface area contributed by atoms with Gasteiger partial charge in [0.2, 0.25) is 0 Å². The van der Waals surface area contributed by atoms with Gasteiger partial charge in [-0.2, -0.15) is 0 Å². The van der Waals surface area contributed by atoms with Gasteiger partial charge in [0.25, 0.3) is 0 Å². The minimum Gasteiger partial charge on any atom is -1.00 e. The Morgan fingerprint density at radius 3 is 2.36 bits per heavy atom. The Morgan fingerprint density at radius 2 is 1.91 bits per heavy atom. The third-order valence-electron chi connectivity index (χ3n) is 1.17. The van der Waals surface area contributed by atoms with Crippen LogP contribution in [0.15, 0.2) is 12.1 Å². The summed E-state index contributed by atoms with van der Waals surface area (Å²) < 4.78 is 25.0. The molecule has 0 aromatic heterocycles. The van der Waals surface area contributed by atoms with E-state index in [1.54, 1.807) is 0 Å². The van der Waals surface area contributed by atoms with Crippen LogP contribution in [-0.2, 0) is 0 Å². The minimum atomic E-state index is -0.553. The van der Waals surface area contributed by atoms with Crippen LogP contribution < -0.4 is 0 Å². The number of rotatable bonds is 0. The van der Waals surface area contributed by atoms with Gasteiger partial charge in [0.1, 0.15) is 11.6 Å². The smallest absolute Gasteiger partial charge is 1.00 e. The van der Waals surface area contributed by atoms with Gasteiger partial charge in [0.15, 0.2) is 0 Å². The number of hydrogen-bond acceptors (Lipinski definition) is 0. The average molecular weight is 189 g/mol. The van der Waals surface area contributed by atoms with Crippen LogP contribution in [0.1, 0.15) is 8.42 Å². The first-order valence-electron chi connectivity index (χ1n) is 2.72. The van der Waals surface area contributed by atoms with E-state index in [0.29, 0.717) is 0 Å². The van der Waals surface area contributed by atoms with Crippen molar-refractivity contribution in [2.75, 3.05) is 0 Å². The fraction of sp³-hybridized carbons (Fsp3) is 0.143. The van der Waals surface area contributed by atoms with Crippen LogP contribution in [0.25, 0.3) is 0 Å². The van der Waals surface area contributed by atoms with Crippen molar-refractivity contribution in [3.8, 4) is 0 Å². The molecule has 0 radical (unpaired) electrons. The molecule has 11 heavy (non-hydrogen) atoms. The SMILES string of the molecule is Cc1cc(F)cc(Cl)c1F.[H-].[H-].[Mg+2]. The van der Waals surface area contributed by atoms with E-state index in [4.69, 9.17) is 11.6 Å². The van der Waals surface area contributed by atoms with Crippen LogP contribution in [0.4, 0.5) is 8.78 Å². The van der Waals surface area contributed by atoms with Crippen molar-refractivity contribution in [1.29, 1.82) is 0 Å². The van der Waals surface area contributed by atoms with Crippen molar-refractivity contribution < 1.29 is 11.6 Å². The summed E-state index contributed by atoms with van der Waals surface area (Å²) in [5, 5.41) is -0.169. The van der Waals surface area contributed by atoms with E-state index in [2.05, 4.69) is 0 Å². The predicted octanol–water partition coefficient (Wildman–Crippen LogP) is 2.77. The summed E-state index contributed by atoms with van der Waals surface area (Å²) in [7, 11) is 0. The molecule has 1 aromatic carbocycles. The first-order valence-corrected chi connectivity index (χ1v) is 3.10. The van der Waals surface area contributed by atoms with Crippen molar-refractivity contribution in [3.05, 3.63) is 34.4 Å². The molecule has 0 aliphatic rings. The van der Waals surface area contributed by atoms with Crippen LogP contribution in [0.5, 0.6) is 0 Å². The predicted molar refractivity (Wildman–Crippen MR) is 44.1 cm³/mol. The van der Waals surface area contributed by atoms with Crippen molar-refractivity contribution in [2.24, 2.45) is 0 Å². The van der Waals surface area contributed by atoms with Crippen LogP contribution in [0, 0.1) is 18.6 Å². The van der Waals surface area contributed by atoms with Gasteiger partial charge in [0.05, 0.1) is 5.02 Å². The second-order valence-electron chi connectivity index (χ2n) is 2.02. The van der Waals surface area contributed by atoms with Gasteiger partial charge in [0, 0.05) is 0 Å². The molecule has 58 valence electrons. The molecular formula is C7H7ClF2Mg. The van der Waals surface area contributed by atoms with Gasteiger partial charge >= 0.3 is 23.1 Å². The molecule has 0 heterocycles. The van der Waals surface area contributed by atoms with Crippen molar-refractivity contribution in [3.63, 3.8) is 0 Å². The van der Waals surface area contributed by atoms with E-state index in [1.807, 2.05) is 0 Å². The van der Waals surface area contributed by atoms with Crippen molar-refractivity contribution in [1.82, 2.24) is 0 Å². The van der Waals surface area contributed by atoms with E-state index in [1.165, 1.54) is 6.92 Å². The largest absolute Gasteiger partial charge is 2.00 e. The molecule has 0 atom stereocenters. The van der Waals surface area contributed by atoms with Crippen molar-refractivity contribution >= 4 is 34.7 Å². The monoisotopic (exact) mass is 188 g/mol. The maximum absolute atomic E-state index is 12.6. The van der Waals surface area contributed by atoms with Gasteiger partial charge in [-0.05, 0) is 24.6 Å². The maximum atomic E-state index is 12.6. The summed E-state index contributed by atoms with van der Waals surface area (Å²) >= 11 is 5.30. The Kier molecular flexibility index (Phi) is 4.29. The Hall–Kier alpha value is 0.136. The Bertz CT molecular complexity index is 248. The van der Waals surface area contributed by atoms with Gasteiger partial charge in [-0.1, -0.05) is 11.6 Å². The normalized spacial score (nSPS) is 9.09. The van der Waals surface area contributed by atoms with Crippen molar-refractivity contribution in [2.45, 2.75) is 6.92 Å². The average Bonchev–Trinajstić information content (AvgIpc) is 1.82. The standard InChI is InChI=1S/C7H5ClF2.Mg.2H/c1-4-2-5(9)3-6(8)7(4)10;;;/h2-3H,1H3;;;/q;+2;2*-1. The summed E-state index contributed by atoms with van der Waals surface area (Å²) in [5.74, 6) is -1.06. The van der Waals surface area contributed by atoms with Crippen LogP contribution in [-0.4, -0.2) is 23.1 Å². The molecular weight excluding hydrogens is 182 g/mol. The Morgan fingerprint density at radius 1 is 1.36 bits per heavy atom. The molecule has 0 bridgehead atoms. The fourth-order valence-corrected chi connectivity index (χ4v) is 0.938. The molecule has 1 aromatic rings. The van der Waals surface area contributed by atoms with E-state index < -0.39 is 11.6 Å². The van der Waals surface area contributed by atoms with Crippen LogP contribution in [0.3, 0.4) is 0 Å². The number of halogens is 3. The second-order valence-corrected chi connectivity index (χ2v) is 2.43. The molecule has 0 amide bonds. The van der Waals surface area contributed by atoms with E-state index in [0.717, 1.165) is 12.1 Å². The number of hydrogen-bond donors (Lipinski definition) is 0. The zero-order valence-electron chi connectivity index (χ0n) is 8.00. The van der Waals surface area contributed by atoms with Gasteiger partial charge in [-0.25, -0.2) is 8.78 Å². The quantitative estimate of drug-likeness (QED) is 0.434. The van der Waals surface area contributed by atoms with Gasteiger partial charge in [-0.3, -0.25) is 0 Å². The third kappa shape index (κ3) is 2.58. The van der Waals surface area contributed by atoms with E-state index in [9.17, 15) is 8.78 Å². The summed E-state index contributed by atoms with van der Waals surface area (Å²) in [5.41, 5.74) is 0.227. The molecule has 0 unspecified atom stereocenters. The molecule has 0 spiro atoms. The van der Waals surface area contributed by atoms with Crippen LogP contribution in [0.2, 0.25) is 5.02 Å². The summed E-state index contributed by atoms with van der Waals surface area (Å²) in [6.45, 7) is 1.46. The molecule has 0 aliphatic heterocycles. The molecule has 0 fully saturated rings. The summed E-state index contributed by atoms with van der Waals surface area (Å²) in [6, 6.07) is 2.05. The first kappa shape index (κ1) is 11.1. The van der Waals surface area contributed by atoms with Gasteiger partial charge < -0.3 is 2.85 Å². The zero-order valence-corrected chi connectivity index (χ0v) is 8.17. The topological polar surface area (TPSA) is 0 Å². The summed E-state index contributed by atoms with van der Waals surface area (Å²) in [4.78, 5) is 0. The molecule has 0 nitrogen and oxygen atoms in total. The first-order chi connectivity index (χ1) is 4.61. The Balaban J connectivity index is -0.000000333. The van der Waals surface area contributed by atoms with E-state index >= 15 is 0 Å². The number of aryl methyl sites for hydroxylation is 1. The molecule has 1 rings (SSSR count). The second kappa shape index (κ2) is 4.23. The van der Waals surface area contributed by atoms with Crippen LogP contribution >= 0.6 is 11.6 Å². The molecule has 0 saturated carbocycles. The Labute approximate surface area is 87.7 Å².